The van der Waals surface area contributed by atoms with E-state index in [9.17, 15) is 10.1 Å². The van der Waals surface area contributed by atoms with Crippen molar-refractivity contribution >= 4 is 11.5 Å². The molecule has 1 aliphatic rings. The van der Waals surface area contributed by atoms with Crippen molar-refractivity contribution in [3.05, 3.63) is 27.9 Å². The highest BCUT2D eigenvalue weighted by Gasteiger charge is 2.19. The maximum absolute atomic E-state index is 10.8. The van der Waals surface area contributed by atoms with Gasteiger partial charge in [-0.05, 0) is 38.8 Å². The summed E-state index contributed by atoms with van der Waals surface area (Å²) in [4.78, 5) is 14.6. The molecule has 1 aliphatic carbocycles. The molecule has 18 heavy (non-hydrogen) atoms. The van der Waals surface area contributed by atoms with Gasteiger partial charge in [-0.1, -0.05) is 0 Å². The summed E-state index contributed by atoms with van der Waals surface area (Å²) in [5, 5.41) is 17.3. The molecule has 0 atom stereocenters. The fraction of sp³-hybridized carbons (Fsp3) is 0.583. The quantitative estimate of drug-likeness (QED) is 0.438. The number of hydrogen-bond acceptors (Lipinski definition) is 5. The summed E-state index contributed by atoms with van der Waals surface area (Å²) in [6.07, 6.45) is 3.49. The van der Waals surface area contributed by atoms with Gasteiger partial charge in [0.25, 0.3) is 0 Å². The van der Waals surface area contributed by atoms with Gasteiger partial charge in [-0.3, -0.25) is 10.1 Å². The van der Waals surface area contributed by atoms with Gasteiger partial charge in [-0.2, -0.15) is 0 Å². The smallest absolute Gasteiger partial charge is 0.311 e. The number of pyridine rings is 1. The van der Waals surface area contributed by atoms with Gasteiger partial charge in [0.05, 0.1) is 4.92 Å². The number of nitrogens with zero attached hydrogens (tertiary/aromatic N) is 2. The van der Waals surface area contributed by atoms with E-state index in [1.54, 1.807) is 6.07 Å². The predicted octanol–water partition coefficient (Wildman–Crippen LogP) is 1.85. The maximum Gasteiger partial charge on any atom is 0.311 e. The molecule has 6 heteroatoms. The largest absolute Gasteiger partial charge is 0.364 e. The Morgan fingerprint density at radius 1 is 1.44 bits per heavy atom. The van der Waals surface area contributed by atoms with Crippen LogP contribution in [0.25, 0.3) is 0 Å². The first-order valence-corrected chi connectivity index (χ1v) is 6.26. The van der Waals surface area contributed by atoms with Gasteiger partial charge in [0.1, 0.15) is 0 Å². The van der Waals surface area contributed by atoms with Crippen molar-refractivity contribution in [2.75, 3.05) is 18.4 Å². The first-order valence-electron chi connectivity index (χ1n) is 6.26. The lowest BCUT2D eigenvalue weighted by atomic mass is 10.3. The van der Waals surface area contributed by atoms with Gasteiger partial charge in [-0.25, -0.2) is 4.98 Å². The first-order chi connectivity index (χ1) is 8.66. The van der Waals surface area contributed by atoms with Crippen molar-refractivity contribution < 1.29 is 4.92 Å². The molecule has 1 saturated carbocycles. The van der Waals surface area contributed by atoms with Gasteiger partial charge < -0.3 is 10.6 Å². The van der Waals surface area contributed by atoms with Crippen LogP contribution in [0.15, 0.2) is 12.1 Å². The Morgan fingerprint density at radius 2 is 2.22 bits per heavy atom. The molecule has 98 valence electrons. The van der Waals surface area contributed by atoms with Crippen LogP contribution in [0, 0.1) is 17.0 Å². The number of aryl methyl sites for hydroxylation is 1. The van der Waals surface area contributed by atoms with Crippen LogP contribution in [0.5, 0.6) is 0 Å². The van der Waals surface area contributed by atoms with E-state index in [1.807, 2.05) is 6.92 Å². The summed E-state index contributed by atoms with van der Waals surface area (Å²) in [6.45, 7) is 3.46. The van der Waals surface area contributed by atoms with Gasteiger partial charge in [-0.15, -0.1) is 0 Å². The molecule has 0 saturated heterocycles. The normalized spacial score (nSPS) is 14.5. The minimum Gasteiger partial charge on any atom is -0.364 e. The van der Waals surface area contributed by atoms with E-state index in [0.717, 1.165) is 18.7 Å². The summed E-state index contributed by atoms with van der Waals surface area (Å²) >= 11 is 0. The Balaban J connectivity index is 1.82. The molecule has 2 N–H and O–H groups in total. The summed E-state index contributed by atoms with van der Waals surface area (Å²) in [5.74, 6) is 0.367. The number of hydrogen-bond donors (Lipinski definition) is 2. The second kappa shape index (κ2) is 5.77. The average Bonchev–Trinajstić information content (AvgIpc) is 3.12. The fourth-order valence-electron chi connectivity index (χ4n) is 1.72. The second-order valence-electron chi connectivity index (χ2n) is 4.59. The molecule has 1 aromatic rings. The highest BCUT2D eigenvalue weighted by molar-refractivity contribution is 5.55. The van der Waals surface area contributed by atoms with Crippen LogP contribution in [0.3, 0.4) is 0 Å². The summed E-state index contributed by atoms with van der Waals surface area (Å²) in [7, 11) is 0. The van der Waals surface area contributed by atoms with Crippen LogP contribution in [0.4, 0.5) is 11.5 Å². The number of rotatable bonds is 7. The Hall–Kier alpha value is -1.69. The van der Waals surface area contributed by atoms with Crippen LogP contribution in [0.1, 0.15) is 25.0 Å². The monoisotopic (exact) mass is 250 g/mol. The Labute approximate surface area is 106 Å². The molecule has 1 fully saturated rings. The van der Waals surface area contributed by atoms with Gasteiger partial charge in [0.2, 0.25) is 5.82 Å². The Bertz CT molecular complexity index is 432. The van der Waals surface area contributed by atoms with Crippen molar-refractivity contribution in [2.24, 2.45) is 0 Å². The predicted molar refractivity (Wildman–Crippen MR) is 69.8 cm³/mol. The summed E-state index contributed by atoms with van der Waals surface area (Å²) in [6, 6.07) is 3.85. The van der Waals surface area contributed by atoms with Crippen molar-refractivity contribution in [3.8, 4) is 0 Å². The minimum absolute atomic E-state index is 0.0377. The first kappa shape index (κ1) is 12.8. The number of nitrogens with one attached hydrogen (secondary N) is 2. The van der Waals surface area contributed by atoms with Crippen LogP contribution in [0.2, 0.25) is 0 Å². The van der Waals surface area contributed by atoms with E-state index < -0.39 is 4.92 Å². The average molecular weight is 250 g/mol. The molecule has 1 heterocycles. The lowest BCUT2D eigenvalue weighted by Gasteiger charge is -2.07. The second-order valence-corrected chi connectivity index (χ2v) is 4.59. The highest BCUT2D eigenvalue weighted by Crippen LogP contribution is 2.21. The third-order valence-electron chi connectivity index (χ3n) is 2.87. The van der Waals surface area contributed by atoms with E-state index in [0.29, 0.717) is 18.4 Å². The van der Waals surface area contributed by atoms with E-state index in [2.05, 4.69) is 15.6 Å². The van der Waals surface area contributed by atoms with Gasteiger partial charge >= 0.3 is 5.69 Å². The number of nitro groups is 1. The van der Waals surface area contributed by atoms with Gasteiger partial charge in [0.15, 0.2) is 0 Å². The molecule has 0 bridgehead atoms. The third-order valence-corrected chi connectivity index (χ3v) is 2.87. The highest BCUT2D eigenvalue weighted by atomic mass is 16.6. The zero-order valence-corrected chi connectivity index (χ0v) is 10.5. The lowest BCUT2D eigenvalue weighted by Crippen LogP contribution is -2.20. The summed E-state index contributed by atoms with van der Waals surface area (Å²) < 4.78 is 0. The number of aromatic nitrogens is 1. The maximum atomic E-state index is 10.8. The van der Waals surface area contributed by atoms with Crippen LogP contribution in [-0.2, 0) is 0 Å². The van der Waals surface area contributed by atoms with Crippen molar-refractivity contribution in [2.45, 2.75) is 32.2 Å². The standard InChI is InChI=1S/C12H18N4O2/c1-9-3-6-11(16(17)18)12(15-9)14-8-2-7-13-10-4-5-10/h3,6,10,13H,2,4-5,7-8H2,1H3,(H,14,15). The van der Waals surface area contributed by atoms with Crippen molar-refractivity contribution in [1.82, 2.24) is 10.3 Å². The lowest BCUT2D eigenvalue weighted by molar-refractivity contribution is -0.384. The van der Waals surface area contributed by atoms with E-state index in [4.69, 9.17) is 0 Å². The van der Waals surface area contributed by atoms with Crippen LogP contribution < -0.4 is 10.6 Å². The molecule has 0 radical (unpaired) electrons. The molecule has 0 amide bonds. The molecule has 0 unspecified atom stereocenters. The van der Waals surface area contributed by atoms with Gasteiger partial charge in [0, 0.05) is 24.3 Å². The molecule has 6 nitrogen and oxygen atoms in total. The number of anilines is 1. The molecule has 0 aromatic carbocycles. The molecular formula is C12H18N4O2. The van der Waals surface area contributed by atoms with E-state index in [1.165, 1.54) is 18.9 Å². The molecular weight excluding hydrogens is 232 g/mol. The summed E-state index contributed by atoms with van der Waals surface area (Å²) in [5.41, 5.74) is 0.815. The van der Waals surface area contributed by atoms with Crippen LogP contribution >= 0.6 is 0 Å². The van der Waals surface area contributed by atoms with Crippen LogP contribution in [-0.4, -0.2) is 29.0 Å². The van der Waals surface area contributed by atoms with Crippen molar-refractivity contribution in [3.63, 3.8) is 0 Å². The zero-order valence-electron chi connectivity index (χ0n) is 10.5. The fourth-order valence-corrected chi connectivity index (χ4v) is 1.72. The third kappa shape index (κ3) is 3.66. The topological polar surface area (TPSA) is 80.1 Å². The van der Waals surface area contributed by atoms with E-state index >= 15 is 0 Å². The Kier molecular flexibility index (Phi) is 4.09. The Morgan fingerprint density at radius 3 is 2.89 bits per heavy atom. The molecule has 0 aliphatic heterocycles. The molecule has 0 spiro atoms. The zero-order chi connectivity index (χ0) is 13.0. The SMILES string of the molecule is Cc1ccc([N+](=O)[O-])c(NCCCNC2CC2)n1. The van der Waals surface area contributed by atoms with Crippen molar-refractivity contribution in [1.29, 1.82) is 0 Å². The molecule has 2 rings (SSSR count). The van der Waals surface area contributed by atoms with E-state index in [-0.39, 0.29) is 5.69 Å². The molecule has 1 aromatic heterocycles. The minimum atomic E-state index is -0.406.